The number of hydrogen-bond acceptors (Lipinski definition) is 3. The highest BCUT2D eigenvalue weighted by molar-refractivity contribution is 6.31. The highest BCUT2D eigenvalue weighted by atomic mass is 35.5. The van der Waals surface area contributed by atoms with Crippen LogP contribution >= 0.6 is 11.6 Å². The number of amides is 2. The van der Waals surface area contributed by atoms with Crippen LogP contribution in [0.2, 0.25) is 5.02 Å². The zero-order chi connectivity index (χ0) is 18.8. The Morgan fingerprint density at radius 1 is 1.31 bits per heavy atom. The third kappa shape index (κ3) is 3.83. The Kier molecular flexibility index (Phi) is 5.76. The summed E-state index contributed by atoms with van der Waals surface area (Å²) >= 11 is 6.11. The number of methoxy groups -OCH3 is 1. The molecule has 2 amide bonds. The number of aryl methyl sites for hydroxylation is 1. The second-order valence-corrected chi connectivity index (χ2v) is 7.74. The van der Waals surface area contributed by atoms with Gasteiger partial charge in [0, 0.05) is 23.7 Å². The Labute approximate surface area is 160 Å². The van der Waals surface area contributed by atoms with Crippen LogP contribution in [0.1, 0.15) is 44.6 Å². The van der Waals surface area contributed by atoms with Gasteiger partial charge in [0.25, 0.3) is 0 Å². The zero-order valence-corrected chi connectivity index (χ0v) is 16.4. The van der Waals surface area contributed by atoms with Crippen LogP contribution in [-0.2, 0) is 9.59 Å². The molecule has 1 N–H and O–H groups in total. The second kappa shape index (κ2) is 7.87. The predicted octanol–water partition coefficient (Wildman–Crippen LogP) is 4.02. The molecule has 1 saturated carbocycles. The topological polar surface area (TPSA) is 58.6 Å². The summed E-state index contributed by atoms with van der Waals surface area (Å²) in [7, 11) is 1.54. The van der Waals surface area contributed by atoms with E-state index >= 15 is 0 Å². The number of halogens is 1. The lowest BCUT2D eigenvalue weighted by atomic mass is 9.99. The molecule has 0 bridgehead atoms. The van der Waals surface area contributed by atoms with E-state index in [0.29, 0.717) is 28.9 Å². The molecule has 142 valence electrons. The monoisotopic (exact) mass is 378 g/mol. The number of benzene rings is 1. The smallest absolute Gasteiger partial charge is 0.228 e. The van der Waals surface area contributed by atoms with E-state index in [1.807, 2.05) is 11.8 Å². The summed E-state index contributed by atoms with van der Waals surface area (Å²) in [6.07, 6.45) is 4.94. The number of ether oxygens (including phenoxy) is 1. The lowest BCUT2D eigenvalue weighted by Crippen LogP contribution is -2.44. The second-order valence-electron chi connectivity index (χ2n) is 7.33. The molecular formula is C20H27ClN2O3. The first-order valence-corrected chi connectivity index (χ1v) is 9.79. The first-order chi connectivity index (χ1) is 12.5. The van der Waals surface area contributed by atoms with Crippen molar-refractivity contribution in [3.8, 4) is 5.75 Å². The molecule has 0 aromatic heterocycles. The fourth-order valence-electron chi connectivity index (χ4n) is 3.84. The quantitative estimate of drug-likeness (QED) is 0.841. The Morgan fingerprint density at radius 2 is 2.08 bits per heavy atom. The van der Waals surface area contributed by atoms with E-state index in [2.05, 4.69) is 12.2 Å². The van der Waals surface area contributed by atoms with Crippen LogP contribution in [0.3, 0.4) is 0 Å². The van der Waals surface area contributed by atoms with Crippen molar-refractivity contribution in [3.63, 3.8) is 0 Å². The molecule has 3 unspecified atom stereocenters. The van der Waals surface area contributed by atoms with E-state index in [4.69, 9.17) is 16.3 Å². The molecule has 2 aliphatic rings. The van der Waals surface area contributed by atoms with Crippen molar-refractivity contribution in [1.82, 2.24) is 4.90 Å². The number of rotatable bonds is 5. The molecule has 0 radical (unpaired) electrons. The molecule has 1 saturated heterocycles. The van der Waals surface area contributed by atoms with Crippen LogP contribution in [0, 0.1) is 18.8 Å². The van der Waals surface area contributed by atoms with Gasteiger partial charge in [-0.2, -0.15) is 0 Å². The third-order valence-corrected chi connectivity index (χ3v) is 5.97. The first-order valence-electron chi connectivity index (χ1n) is 9.41. The van der Waals surface area contributed by atoms with Crippen LogP contribution < -0.4 is 10.1 Å². The fraction of sp³-hybridized carbons (Fsp3) is 0.600. The number of likely N-dealkylation sites (tertiary alicyclic amines) is 1. The van der Waals surface area contributed by atoms with E-state index in [9.17, 15) is 9.59 Å². The van der Waals surface area contributed by atoms with Gasteiger partial charge in [0.2, 0.25) is 11.8 Å². The summed E-state index contributed by atoms with van der Waals surface area (Å²) in [5.41, 5.74) is 1.47. The van der Waals surface area contributed by atoms with Gasteiger partial charge in [0.1, 0.15) is 5.75 Å². The van der Waals surface area contributed by atoms with Gasteiger partial charge >= 0.3 is 0 Å². The Balaban J connectivity index is 1.64. The number of nitrogens with zero attached hydrogens (tertiary/aromatic N) is 1. The summed E-state index contributed by atoms with van der Waals surface area (Å²) in [6.45, 7) is 4.83. The SMILES string of the molecule is CCC1CCCCN1C(=O)C1CC1C(=O)Nc1cc(C)c(Cl)cc1OC. The average molecular weight is 379 g/mol. The van der Waals surface area contributed by atoms with Gasteiger partial charge in [0.05, 0.1) is 24.6 Å². The normalized spacial score (nSPS) is 24.9. The number of carbonyl (C=O) groups is 2. The Bertz CT molecular complexity index is 707. The van der Waals surface area contributed by atoms with Crippen molar-refractivity contribution in [2.75, 3.05) is 19.0 Å². The van der Waals surface area contributed by atoms with Crippen molar-refractivity contribution in [2.45, 2.75) is 52.0 Å². The van der Waals surface area contributed by atoms with Crippen LogP contribution in [-0.4, -0.2) is 36.4 Å². The molecule has 0 spiro atoms. The van der Waals surface area contributed by atoms with Gasteiger partial charge in [0.15, 0.2) is 0 Å². The van der Waals surface area contributed by atoms with Gasteiger partial charge < -0.3 is 15.0 Å². The summed E-state index contributed by atoms with van der Waals surface area (Å²) < 4.78 is 5.31. The maximum absolute atomic E-state index is 12.8. The Morgan fingerprint density at radius 3 is 2.77 bits per heavy atom. The largest absolute Gasteiger partial charge is 0.495 e. The van der Waals surface area contributed by atoms with Crippen molar-refractivity contribution < 1.29 is 14.3 Å². The average Bonchev–Trinajstić information content (AvgIpc) is 3.44. The van der Waals surface area contributed by atoms with Crippen molar-refractivity contribution in [1.29, 1.82) is 0 Å². The Hall–Kier alpha value is -1.75. The highest BCUT2D eigenvalue weighted by Gasteiger charge is 2.50. The number of hydrogen-bond donors (Lipinski definition) is 1. The molecule has 1 aliphatic carbocycles. The molecule has 6 heteroatoms. The molecule has 1 heterocycles. The van der Waals surface area contributed by atoms with Crippen LogP contribution in [0.4, 0.5) is 5.69 Å². The molecule has 3 atom stereocenters. The fourth-order valence-corrected chi connectivity index (χ4v) is 3.99. The summed E-state index contributed by atoms with van der Waals surface area (Å²) in [6, 6.07) is 3.83. The van der Waals surface area contributed by atoms with Gasteiger partial charge in [-0.15, -0.1) is 0 Å². The maximum Gasteiger partial charge on any atom is 0.228 e. The summed E-state index contributed by atoms with van der Waals surface area (Å²) in [5, 5.41) is 3.50. The van der Waals surface area contributed by atoms with E-state index < -0.39 is 0 Å². The van der Waals surface area contributed by atoms with Crippen molar-refractivity contribution in [2.24, 2.45) is 11.8 Å². The van der Waals surface area contributed by atoms with Gasteiger partial charge in [-0.1, -0.05) is 18.5 Å². The van der Waals surface area contributed by atoms with E-state index in [1.165, 1.54) is 6.42 Å². The van der Waals surface area contributed by atoms with Crippen LogP contribution in [0.5, 0.6) is 5.75 Å². The van der Waals surface area contributed by atoms with E-state index in [-0.39, 0.29) is 23.7 Å². The standard InChI is InChI=1S/C20H27ClN2O3/c1-4-13-7-5-6-8-23(13)20(25)15-10-14(15)19(24)22-17-9-12(2)16(21)11-18(17)26-3/h9,11,13-15H,4-8,10H2,1-3H3,(H,22,24). The van der Waals surface area contributed by atoms with Gasteiger partial charge in [-0.05, 0) is 50.7 Å². The number of anilines is 1. The third-order valence-electron chi connectivity index (χ3n) is 5.56. The molecular weight excluding hydrogens is 352 g/mol. The molecule has 1 aliphatic heterocycles. The van der Waals surface area contributed by atoms with Gasteiger partial charge in [-0.3, -0.25) is 9.59 Å². The lowest BCUT2D eigenvalue weighted by molar-refractivity contribution is -0.137. The van der Waals surface area contributed by atoms with Gasteiger partial charge in [-0.25, -0.2) is 0 Å². The van der Waals surface area contributed by atoms with Crippen molar-refractivity contribution >= 4 is 29.1 Å². The molecule has 1 aromatic rings. The molecule has 1 aromatic carbocycles. The minimum absolute atomic E-state index is 0.117. The van der Waals surface area contributed by atoms with Crippen LogP contribution in [0.25, 0.3) is 0 Å². The number of carbonyl (C=O) groups excluding carboxylic acids is 2. The summed E-state index contributed by atoms with van der Waals surface area (Å²) in [4.78, 5) is 27.4. The van der Waals surface area contributed by atoms with Crippen molar-refractivity contribution in [3.05, 3.63) is 22.7 Å². The lowest BCUT2D eigenvalue weighted by Gasteiger charge is -2.35. The highest BCUT2D eigenvalue weighted by Crippen LogP contribution is 2.43. The molecule has 5 nitrogen and oxygen atoms in total. The molecule has 26 heavy (non-hydrogen) atoms. The predicted molar refractivity (Wildman–Crippen MR) is 103 cm³/mol. The van der Waals surface area contributed by atoms with Crippen LogP contribution in [0.15, 0.2) is 12.1 Å². The summed E-state index contributed by atoms with van der Waals surface area (Å²) in [5.74, 6) is 0.133. The number of piperidine rings is 1. The van der Waals surface area contributed by atoms with E-state index in [0.717, 1.165) is 31.4 Å². The minimum Gasteiger partial charge on any atom is -0.495 e. The zero-order valence-electron chi connectivity index (χ0n) is 15.7. The minimum atomic E-state index is -0.248. The molecule has 3 rings (SSSR count). The number of nitrogens with one attached hydrogen (secondary N) is 1. The maximum atomic E-state index is 12.8. The molecule has 2 fully saturated rings. The first kappa shape index (κ1) is 19.0. The van der Waals surface area contributed by atoms with E-state index in [1.54, 1.807) is 19.2 Å².